The summed E-state index contributed by atoms with van der Waals surface area (Å²) >= 11 is 1.54. The lowest BCUT2D eigenvalue weighted by molar-refractivity contribution is -0.123. The van der Waals surface area contributed by atoms with Crippen LogP contribution in [0.15, 0.2) is 62.2 Å². The first-order chi connectivity index (χ1) is 15.5. The van der Waals surface area contributed by atoms with Gasteiger partial charge in [0.1, 0.15) is 6.54 Å². The van der Waals surface area contributed by atoms with Crippen molar-refractivity contribution in [1.29, 1.82) is 0 Å². The summed E-state index contributed by atoms with van der Waals surface area (Å²) in [6, 6.07) is 11.5. The fraction of sp³-hybridized carbons (Fsp3) is 0.273. The number of hydrogen-bond donors (Lipinski definition) is 0. The molecule has 162 valence electrons. The van der Waals surface area contributed by atoms with Crippen molar-refractivity contribution in [2.45, 2.75) is 37.4 Å². The van der Waals surface area contributed by atoms with Gasteiger partial charge in [-0.05, 0) is 55.5 Å². The molecular formula is C22H20N6O3S. The van der Waals surface area contributed by atoms with E-state index >= 15 is 0 Å². The van der Waals surface area contributed by atoms with Gasteiger partial charge in [-0.25, -0.2) is 4.90 Å². The summed E-state index contributed by atoms with van der Waals surface area (Å²) in [5.74, 6) is 0.00373. The summed E-state index contributed by atoms with van der Waals surface area (Å²) in [6.45, 7) is 4.14. The Balaban J connectivity index is 1.36. The van der Waals surface area contributed by atoms with E-state index in [-0.39, 0.29) is 18.4 Å². The molecule has 2 aromatic carbocycles. The first kappa shape index (κ1) is 20.4. The number of aromatic nitrogens is 2. The van der Waals surface area contributed by atoms with Crippen LogP contribution in [0.25, 0.3) is 11.4 Å². The van der Waals surface area contributed by atoms with Crippen molar-refractivity contribution in [3.05, 3.63) is 59.5 Å². The summed E-state index contributed by atoms with van der Waals surface area (Å²) in [7, 11) is 0. The van der Waals surface area contributed by atoms with Gasteiger partial charge in [0.25, 0.3) is 11.8 Å². The lowest BCUT2D eigenvalue weighted by Crippen LogP contribution is -2.39. The Morgan fingerprint density at radius 2 is 1.91 bits per heavy atom. The van der Waals surface area contributed by atoms with E-state index in [1.54, 1.807) is 17.8 Å². The van der Waals surface area contributed by atoms with Crippen molar-refractivity contribution in [3.8, 4) is 11.4 Å². The maximum atomic E-state index is 13.2. The van der Waals surface area contributed by atoms with Crippen LogP contribution < -0.4 is 4.90 Å². The number of carbonyl (C=O) groups is 2. The zero-order chi connectivity index (χ0) is 22.4. The lowest BCUT2D eigenvalue weighted by Gasteiger charge is -2.19. The molecule has 2 atom stereocenters. The number of amides is 2. The Hall–Kier alpha value is -3.53. The molecule has 0 radical (unpaired) electrons. The van der Waals surface area contributed by atoms with Gasteiger partial charge in [0, 0.05) is 10.5 Å². The quantitative estimate of drug-likeness (QED) is 0.434. The molecule has 2 amide bonds. The molecule has 2 aliphatic heterocycles. The van der Waals surface area contributed by atoms with Crippen LogP contribution >= 0.6 is 11.8 Å². The highest BCUT2D eigenvalue weighted by atomic mass is 32.2. The van der Waals surface area contributed by atoms with Gasteiger partial charge in [0.2, 0.25) is 11.7 Å². The van der Waals surface area contributed by atoms with Crippen molar-refractivity contribution in [1.82, 2.24) is 15.1 Å². The summed E-state index contributed by atoms with van der Waals surface area (Å²) < 4.78 is 5.39. The molecule has 9 nitrogen and oxygen atoms in total. The third-order valence-electron chi connectivity index (χ3n) is 5.70. The molecule has 0 bridgehead atoms. The topological polar surface area (TPSA) is 104 Å². The van der Waals surface area contributed by atoms with E-state index in [1.165, 1.54) is 15.5 Å². The Morgan fingerprint density at radius 1 is 1.06 bits per heavy atom. The highest BCUT2D eigenvalue weighted by Gasteiger charge is 2.55. The zero-order valence-electron chi connectivity index (χ0n) is 17.7. The molecule has 10 heteroatoms. The number of aryl methyl sites for hydroxylation is 2. The number of hydrogen-bond acceptors (Lipinski definition) is 9. The van der Waals surface area contributed by atoms with Gasteiger partial charge in [-0.1, -0.05) is 28.6 Å². The summed E-state index contributed by atoms with van der Waals surface area (Å²) in [4.78, 5) is 32.7. The Kier molecular flexibility index (Phi) is 5.01. The van der Waals surface area contributed by atoms with Crippen molar-refractivity contribution < 1.29 is 14.1 Å². The zero-order valence-corrected chi connectivity index (χ0v) is 18.5. The molecule has 0 saturated carbocycles. The molecule has 0 N–H and O–H groups in total. The number of anilines is 1. The van der Waals surface area contributed by atoms with Crippen LogP contribution in [0, 0.1) is 13.8 Å². The van der Waals surface area contributed by atoms with Gasteiger partial charge >= 0.3 is 0 Å². The van der Waals surface area contributed by atoms with Gasteiger partial charge in [-0.2, -0.15) is 10.1 Å². The molecule has 1 saturated heterocycles. The van der Waals surface area contributed by atoms with E-state index in [0.717, 1.165) is 16.0 Å². The maximum absolute atomic E-state index is 13.2. The largest absolute Gasteiger partial charge is 0.337 e. The summed E-state index contributed by atoms with van der Waals surface area (Å²) in [6.07, 6.45) is 1.94. The molecule has 0 aliphatic carbocycles. The number of imide groups is 1. The Morgan fingerprint density at radius 3 is 2.69 bits per heavy atom. The predicted molar refractivity (Wildman–Crippen MR) is 118 cm³/mol. The summed E-state index contributed by atoms with van der Waals surface area (Å²) in [5, 5.41) is 13.6. The SMILES string of the molecule is CSc1cccc(N2C(=O)[C@H]3N=NN(Cc4nc(-c5ccc(C)c(C)c5)no4)[C@@H]3C2=O)c1. The van der Waals surface area contributed by atoms with Gasteiger partial charge in [-0.15, -0.1) is 11.8 Å². The van der Waals surface area contributed by atoms with E-state index in [1.807, 2.05) is 56.5 Å². The molecule has 2 aliphatic rings. The molecule has 3 aromatic rings. The normalized spacial score (nSPS) is 19.8. The van der Waals surface area contributed by atoms with Crippen molar-refractivity contribution in [2.24, 2.45) is 10.3 Å². The standard InChI is InChI=1S/C22H20N6O3S/c1-12-7-8-14(9-13(12)2)20-23-17(31-25-20)11-27-19-18(24-26-27)21(29)28(22(19)30)15-5-4-6-16(10-15)32-3/h4-10,18-19H,11H2,1-3H3/t18-,19-/m0/s1. The molecule has 3 heterocycles. The summed E-state index contributed by atoms with van der Waals surface area (Å²) in [5.41, 5.74) is 3.69. The van der Waals surface area contributed by atoms with Gasteiger partial charge in [-0.3, -0.25) is 14.6 Å². The second-order valence-corrected chi connectivity index (χ2v) is 8.60. The number of rotatable bonds is 5. The maximum Gasteiger partial charge on any atom is 0.263 e. The van der Waals surface area contributed by atoms with E-state index in [2.05, 4.69) is 20.5 Å². The van der Waals surface area contributed by atoms with Crippen molar-refractivity contribution in [2.75, 3.05) is 11.2 Å². The number of fused-ring (bicyclic) bond motifs is 1. The minimum absolute atomic E-state index is 0.0836. The second-order valence-electron chi connectivity index (χ2n) is 7.72. The van der Waals surface area contributed by atoms with E-state index < -0.39 is 12.1 Å². The monoisotopic (exact) mass is 448 g/mol. The van der Waals surface area contributed by atoms with Crippen LogP contribution in [0.3, 0.4) is 0 Å². The van der Waals surface area contributed by atoms with Crippen molar-refractivity contribution >= 4 is 29.3 Å². The van der Waals surface area contributed by atoms with Crippen LogP contribution in [0.4, 0.5) is 5.69 Å². The average Bonchev–Trinajstić information content (AvgIpc) is 3.48. The van der Waals surface area contributed by atoms with Gasteiger partial charge < -0.3 is 4.52 Å². The lowest BCUT2D eigenvalue weighted by atomic mass is 10.1. The molecule has 1 fully saturated rings. The molecular weight excluding hydrogens is 428 g/mol. The Labute approximate surface area is 188 Å². The van der Waals surface area contributed by atoms with Gasteiger partial charge in [0.15, 0.2) is 12.1 Å². The first-order valence-electron chi connectivity index (χ1n) is 10.1. The number of nitrogens with zero attached hydrogens (tertiary/aromatic N) is 6. The van der Waals surface area contributed by atoms with Crippen molar-refractivity contribution in [3.63, 3.8) is 0 Å². The fourth-order valence-electron chi connectivity index (χ4n) is 3.81. The van der Waals surface area contributed by atoms with Crippen LogP contribution in [-0.2, 0) is 16.1 Å². The molecule has 0 unspecified atom stereocenters. The second kappa shape index (κ2) is 7.86. The molecule has 5 rings (SSSR count). The van der Waals surface area contributed by atoms with Crippen LogP contribution in [0.1, 0.15) is 17.0 Å². The number of thioether (sulfide) groups is 1. The molecule has 0 spiro atoms. The smallest absolute Gasteiger partial charge is 0.263 e. The van der Waals surface area contributed by atoms with E-state index in [0.29, 0.717) is 17.4 Å². The highest BCUT2D eigenvalue weighted by Crippen LogP contribution is 2.34. The number of carbonyl (C=O) groups excluding carboxylic acids is 2. The fourth-order valence-corrected chi connectivity index (χ4v) is 4.27. The minimum atomic E-state index is -0.873. The average molecular weight is 449 g/mol. The molecule has 32 heavy (non-hydrogen) atoms. The van der Waals surface area contributed by atoms with Crippen LogP contribution in [0.2, 0.25) is 0 Å². The first-order valence-corrected chi connectivity index (χ1v) is 11.3. The van der Waals surface area contributed by atoms with E-state index in [9.17, 15) is 9.59 Å². The highest BCUT2D eigenvalue weighted by molar-refractivity contribution is 7.98. The van der Waals surface area contributed by atoms with Crippen LogP contribution in [0.5, 0.6) is 0 Å². The number of benzene rings is 2. The molecule has 1 aromatic heterocycles. The van der Waals surface area contributed by atoms with E-state index in [4.69, 9.17) is 4.52 Å². The third kappa shape index (κ3) is 3.36. The van der Waals surface area contributed by atoms with Gasteiger partial charge in [0.05, 0.1) is 5.69 Å². The minimum Gasteiger partial charge on any atom is -0.337 e. The third-order valence-corrected chi connectivity index (χ3v) is 6.43. The Bertz CT molecular complexity index is 1260. The van der Waals surface area contributed by atoms with Crippen LogP contribution in [-0.4, -0.2) is 45.3 Å². The predicted octanol–water partition coefficient (Wildman–Crippen LogP) is 3.57.